The molecule has 0 saturated carbocycles. The molecule has 2 aliphatic heterocycles. The quantitative estimate of drug-likeness (QED) is 0.224. The van der Waals surface area contributed by atoms with E-state index in [1.807, 2.05) is 0 Å². The largest absolute Gasteiger partial charge is 0.463 e. The van der Waals surface area contributed by atoms with Gasteiger partial charge in [0, 0.05) is 6.92 Å². The molecule has 10 atom stereocenters. The molecule has 0 radical (unpaired) electrons. The summed E-state index contributed by atoms with van der Waals surface area (Å²) in [6.45, 7) is 0.0225. The van der Waals surface area contributed by atoms with Gasteiger partial charge < -0.3 is 54.7 Å². The minimum atomic E-state index is -1.79. The fourth-order valence-corrected chi connectivity index (χ4v) is 2.74. The smallest absolute Gasteiger partial charge is 0.302 e. The minimum Gasteiger partial charge on any atom is -0.463 e. The van der Waals surface area contributed by atoms with Crippen molar-refractivity contribution in [2.24, 2.45) is 0 Å². The van der Waals surface area contributed by atoms with E-state index in [1.165, 1.54) is 0 Å². The van der Waals surface area contributed by atoms with Crippen LogP contribution in [0.1, 0.15) is 6.92 Å². The average molecular weight is 384 g/mol. The van der Waals surface area contributed by atoms with Gasteiger partial charge in [0.15, 0.2) is 12.6 Å². The van der Waals surface area contributed by atoms with E-state index in [-0.39, 0.29) is 0 Å². The lowest BCUT2D eigenvalue weighted by molar-refractivity contribution is -0.361. The Morgan fingerprint density at radius 1 is 0.885 bits per heavy atom. The second-order valence-electron chi connectivity index (χ2n) is 6.15. The topological polar surface area (TPSA) is 196 Å². The summed E-state index contributed by atoms with van der Waals surface area (Å²) in [4.78, 5) is 10.8. The third-order valence-corrected chi connectivity index (χ3v) is 4.25. The van der Waals surface area contributed by atoms with Crippen molar-refractivity contribution < 1.29 is 59.5 Å². The second kappa shape index (κ2) is 8.84. The van der Waals surface area contributed by atoms with E-state index in [1.54, 1.807) is 0 Å². The molecule has 0 aromatic rings. The second-order valence-corrected chi connectivity index (χ2v) is 6.15. The van der Waals surface area contributed by atoms with Crippen molar-refractivity contribution in [2.45, 2.75) is 68.3 Å². The van der Waals surface area contributed by atoms with Gasteiger partial charge in [-0.25, -0.2) is 0 Å². The Balaban J connectivity index is 2.03. The summed E-state index contributed by atoms with van der Waals surface area (Å²) >= 11 is 0. The van der Waals surface area contributed by atoms with Gasteiger partial charge in [0.25, 0.3) is 0 Å². The molecule has 26 heavy (non-hydrogen) atoms. The molecule has 152 valence electrons. The first kappa shape index (κ1) is 21.4. The lowest BCUT2D eigenvalue weighted by Gasteiger charge is -2.45. The van der Waals surface area contributed by atoms with Crippen molar-refractivity contribution in [1.29, 1.82) is 0 Å². The minimum absolute atomic E-state index is 0.419. The van der Waals surface area contributed by atoms with Crippen LogP contribution in [-0.2, 0) is 23.7 Å². The zero-order chi connectivity index (χ0) is 19.6. The maximum absolute atomic E-state index is 10.8. The van der Waals surface area contributed by atoms with Crippen molar-refractivity contribution >= 4 is 5.97 Å². The number of carbonyl (C=O) groups excluding carboxylic acids is 1. The third kappa shape index (κ3) is 4.48. The number of rotatable bonds is 5. The van der Waals surface area contributed by atoms with Gasteiger partial charge in [-0.1, -0.05) is 0 Å². The molecule has 2 aliphatic rings. The molecule has 2 fully saturated rings. The molecule has 0 aromatic carbocycles. The van der Waals surface area contributed by atoms with Gasteiger partial charge in [-0.3, -0.25) is 4.79 Å². The maximum atomic E-state index is 10.8. The Morgan fingerprint density at radius 3 is 2.08 bits per heavy atom. The Morgan fingerprint density at radius 2 is 1.50 bits per heavy atom. The van der Waals surface area contributed by atoms with Gasteiger partial charge >= 0.3 is 5.97 Å². The van der Waals surface area contributed by atoms with Crippen molar-refractivity contribution in [3.63, 3.8) is 0 Å². The maximum Gasteiger partial charge on any atom is 0.302 e. The van der Waals surface area contributed by atoms with E-state index in [4.69, 9.17) is 19.3 Å². The summed E-state index contributed by atoms with van der Waals surface area (Å²) in [5, 5.41) is 68.7. The Bertz CT molecular complexity index is 473. The van der Waals surface area contributed by atoms with Crippen LogP contribution in [0.5, 0.6) is 0 Å². The molecule has 0 bridgehead atoms. The summed E-state index contributed by atoms with van der Waals surface area (Å²) in [7, 11) is 0. The van der Waals surface area contributed by atoms with Gasteiger partial charge in [0.1, 0.15) is 55.4 Å². The van der Waals surface area contributed by atoms with Crippen LogP contribution in [0.4, 0.5) is 0 Å². The number of ether oxygens (including phenoxy) is 4. The molecular formula is C14H24O12. The highest BCUT2D eigenvalue weighted by molar-refractivity contribution is 5.65. The molecule has 0 aromatic heterocycles. The molecule has 0 aliphatic carbocycles. The predicted molar refractivity (Wildman–Crippen MR) is 78.2 cm³/mol. The lowest BCUT2D eigenvalue weighted by Crippen LogP contribution is -2.64. The van der Waals surface area contributed by atoms with E-state index in [2.05, 4.69) is 4.74 Å². The van der Waals surface area contributed by atoms with Crippen molar-refractivity contribution in [3.8, 4) is 0 Å². The molecule has 0 spiro atoms. The summed E-state index contributed by atoms with van der Waals surface area (Å²) < 4.78 is 20.0. The van der Waals surface area contributed by atoms with Gasteiger partial charge in [-0.2, -0.15) is 0 Å². The normalized spacial score (nSPS) is 46.8. The molecule has 0 amide bonds. The third-order valence-electron chi connectivity index (χ3n) is 4.25. The van der Waals surface area contributed by atoms with Crippen LogP contribution in [0.2, 0.25) is 0 Å². The van der Waals surface area contributed by atoms with E-state index < -0.39 is 80.6 Å². The van der Waals surface area contributed by atoms with Crippen molar-refractivity contribution in [2.75, 3.05) is 13.2 Å². The number of carbonyl (C=O) groups is 1. The molecule has 2 rings (SSSR count). The monoisotopic (exact) mass is 384 g/mol. The Kier molecular flexibility index (Phi) is 7.27. The van der Waals surface area contributed by atoms with Crippen molar-refractivity contribution in [1.82, 2.24) is 0 Å². The molecule has 12 nitrogen and oxygen atoms in total. The standard InChI is InChI=1S/C14H24O12/c1-4(16)23-3-6-8(18)10(20)12(13(22)24-6)26-14-11(21)9(19)7(17)5(2-15)25-14/h5-15,17-22H,2-3H2,1H3/t5?,6?,7-,8-,9?,10?,11+,12+,13?,14+/m1/s1. The first-order valence-electron chi connectivity index (χ1n) is 7.96. The number of esters is 1. The highest BCUT2D eigenvalue weighted by Gasteiger charge is 2.50. The first-order valence-corrected chi connectivity index (χ1v) is 7.96. The highest BCUT2D eigenvalue weighted by Crippen LogP contribution is 2.28. The van der Waals surface area contributed by atoms with E-state index >= 15 is 0 Å². The number of aliphatic hydroxyl groups is 7. The van der Waals surface area contributed by atoms with Gasteiger partial charge in [0.05, 0.1) is 6.61 Å². The summed E-state index contributed by atoms with van der Waals surface area (Å²) in [6, 6.07) is 0. The number of aliphatic hydroxyl groups excluding tert-OH is 7. The van der Waals surface area contributed by atoms with Crippen molar-refractivity contribution in [3.05, 3.63) is 0 Å². The Hall–Kier alpha value is -0.930. The van der Waals surface area contributed by atoms with Gasteiger partial charge in [0.2, 0.25) is 0 Å². The Labute approximate surface area is 148 Å². The summed E-state index contributed by atoms with van der Waals surface area (Å²) in [5.74, 6) is -0.649. The van der Waals surface area contributed by atoms with Crippen LogP contribution in [-0.4, -0.2) is 116 Å². The first-order chi connectivity index (χ1) is 12.2. The zero-order valence-electron chi connectivity index (χ0n) is 13.9. The summed E-state index contributed by atoms with van der Waals surface area (Å²) in [6.07, 6.45) is -15.9. The van der Waals surface area contributed by atoms with E-state index in [9.17, 15) is 35.4 Å². The number of hydrogen-bond donors (Lipinski definition) is 7. The van der Waals surface area contributed by atoms with Crippen LogP contribution in [0.25, 0.3) is 0 Å². The predicted octanol–water partition coefficient (Wildman–Crippen LogP) is -4.83. The van der Waals surface area contributed by atoms with Crippen LogP contribution in [0.3, 0.4) is 0 Å². The van der Waals surface area contributed by atoms with Crippen LogP contribution in [0, 0.1) is 0 Å². The molecule has 2 heterocycles. The lowest BCUT2D eigenvalue weighted by atomic mass is 9.97. The SMILES string of the molecule is CC(=O)OCC1OC(O)[C@@H](O[C@@H]2OC(CO)[C@@H](O)C(O)[C@@H]2O)C(O)[C@@H]1O. The van der Waals surface area contributed by atoms with Gasteiger partial charge in [-0.15, -0.1) is 0 Å². The zero-order valence-corrected chi connectivity index (χ0v) is 13.9. The molecule has 7 N–H and O–H groups in total. The fourth-order valence-electron chi connectivity index (χ4n) is 2.74. The summed E-state index contributed by atoms with van der Waals surface area (Å²) in [5.41, 5.74) is 0. The van der Waals surface area contributed by atoms with Gasteiger partial charge in [-0.05, 0) is 0 Å². The fraction of sp³-hybridized carbons (Fsp3) is 0.929. The molecule has 12 heteroatoms. The molecule has 5 unspecified atom stereocenters. The van der Waals surface area contributed by atoms with Crippen LogP contribution < -0.4 is 0 Å². The van der Waals surface area contributed by atoms with Crippen LogP contribution >= 0.6 is 0 Å². The van der Waals surface area contributed by atoms with E-state index in [0.717, 1.165) is 6.92 Å². The highest BCUT2D eigenvalue weighted by atomic mass is 16.7. The van der Waals surface area contributed by atoms with E-state index in [0.29, 0.717) is 0 Å². The molecular weight excluding hydrogens is 360 g/mol. The average Bonchev–Trinajstić information content (AvgIpc) is 2.60. The van der Waals surface area contributed by atoms with Crippen LogP contribution in [0.15, 0.2) is 0 Å². The molecule has 2 saturated heterocycles. The number of hydrogen-bond acceptors (Lipinski definition) is 12.